The smallest absolute Gasteiger partial charge is 0.0464 e. The van der Waals surface area contributed by atoms with Gasteiger partial charge in [-0.2, -0.15) is 0 Å². The average Bonchev–Trinajstić information content (AvgIpc) is 2.20. The molecule has 0 radical (unpaired) electrons. The molecular weight excluding hydrogens is 155 g/mol. The van der Waals surface area contributed by atoms with Gasteiger partial charge in [-0.15, -0.1) is 23.2 Å². The molecule has 0 amide bonds. The fraction of sp³-hybridized carbons (Fsp3) is 1.00. The number of hydrogen-bond acceptors (Lipinski definition) is 0. The van der Waals surface area contributed by atoms with Gasteiger partial charge in [0.05, 0.1) is 0 Å². The molecule has 52 valence electrons. The summed E-state index contributed by atoms with van der Waals surface area (Å²) < 4.78 is 0. The first-order valence-corrected chi connectivity index (χ1v) is 4.34. The van der Waals surface area contributed by atoms with Crippen LogP contribution in [0.15, 0.2) is 0 Å². The van der Waals surface area contributed by atoms with E-state index in [9.17, 15) is 0 Å². The van der Waals surface area contributed by atoms with Crippen molar-refractivity contribution >= 4 is 23.2 Å². The van der Waals surface area contributed by atoms with E-state index in [-0.39, 0.29) is 4.87 Å². The van der Waals surface area contributed by atoms with Crippen molar-refractivity contribution in [3.63, 3.8) is 0 Å². The van der Waals surface area contributed by atoms with Crippen molar-refractivity contribution in [1.29, 1.82) is 0 Å². The van der Waals surface area contributed by atoms with Crippen molar-refractivity contribution in [2.75, 3.05) is 0 Å². The van der Waals surface area contributed by atoms with E-state index < -0.39 is 0 Å². The Morgan fingerprint density at radius 2 is 2.11 bits per heavy atom. The third kappa shape index (κ3) is 0.877. The maximum absolute atomic E-state index is 6.21. The maximum atomic E-state index is 6.21. The summed E-state index contributed by atoms with van der Waals surface area (Å²) in [4.78, 5) is 0.122. The molecule has 0 aromatic rings. The zero-order valence-electron chi connectivity index (χ0n) is 5.24. The Balaban J connectivity index is 2.19. The highest BCUT2D eigenvalue weighted by Crippen LogP contribution is 2.53. The van der Waals surface area contributed by atoms with E-state index in [2.05, 4.69) is 0 Å². The summed E-state index contributed by atoms with van der Waals surface area (Å²) in [5.74, 6) is 0.740. The molecule has 2 aliphatic rings. The standard InChI is InChI=1S/C7H10Cl2/c8-6-4-7(9)2-1-5(6)3-7/h5-6H,1-4H2/t5-,6-,7-/m1/s1. The summed E-state index contributed by atoms with van der Waals surface area (Å²) in [6.45, 7) is 0. The molecule has 2 heteroatoms. The summed E-state index contributed by atoms with van der Waals surface area (Å²) in [5.41, 5.74) is 0. The minimum absolute atomic E-state index is 0.122. The summed E-state index contributed by atoms with van der Waals surface area (Å²) in [7, 11) is 0. The van der Waals surface area contributed by atoms with Crippen LogP contribution < -0.4 is 0 Å². The van der Waals surface area contributed by atoms with Gasteiger partial charge in [-0.3, -0.25) is 0 Å². The second kappa shape index (κ2) is 1.79. The lowest BCUT2D eigenvalue weighted by Gasteiger charge is -2.19. The Bertz CT molecular complexity index is 131. The fourth-order valence-electron chi connectivity index (χ4n) is 2.13. The summed E-state index contributed by atoms with van der Waals surface area (Å²) in [6.07, 6.45) is 4.67. The maximum Gasteiger partial charge on any atom is 0.0464 e. The fourth-order valence-corrected chi connectivity index (χ4v) is 3.19. The Hall–Kier alpha value is 0.580. The monoisotopic (exact) mass is 164 g/mol. The van der Waals surface area contributed by atoms with E-state index >= 15 is 0 Å². The number of hydrogen-bond donors (Lipinski definition) is 0. The molecule has 0 spiro atoms. The molecule has 0 aromatic carbocycles. The highest BCUT2D eigenvalue weighted by molar-refractivity contribution is 6.27. The van der Waals surface area contributed by atoms with E-state index in [1.165, 1.54) is 19.3 Å². The van der Waals surface area contributed by atoms with Crippen LogP contribution in [-0.2, 0) is 0 Å². The van der Waals surface area contributed by atoms with E-state index in [0.717, 1.165) is 12.3 Å². The number of alkyl halides is 2. The first-order valence-electron chi connectivity index (χ1n) is 3.53. The van der Waals surface area contributed by atoms with Crippen molar-refractivity contribution < 1.29 is 0 Å². The molecule has 0 heterocycles. The molecule has 2 aliphatic carbocycles. The Morgan fingerprint density at radius 1 is 1.33 bits per heavy atom. The highest BCUT2D eigenvalue weighted by Gasteiger charge is 2.48. The number of rotatable bonds is 0. The lowest BCUT2D eigenvalue weighted by atomic mass is 10.00. The lowest BCUT2D eigenvalue weighted by Crippen LogP contribution is -2.17. The largest absolute Gasteiger partial charge is 0.123 e. The number of fused-ring (bicyclic) bond motifs is 2. The van der Waals surface area contributed by atoms with Crippen LogP contribution in [0.1, 0.15) is 25.7 Å². The van der Waals surface area contributed by atoms with Gasteiger partial charge in [0.25, 0.3) is 0 Å². The molecule has 9 heavy (non-hydrogen) atoms. The predicted molar refractivity (Wildman–Crippen MR) is 40.2 cm³/mol. The van der Waals surface area contributed by atoms with E-state index in [0.29, 0.717) is 5.38 Å². The van der Waals surface area contributed by atoms with Crippen LogP contribution >= 0.6 is 23.2 Å². The normalized spacial score (nSPS) is 56.7. The summed E-state index contributed by atoms with van der Waals surface area (Å²) >= 11 is 12.2. The topological polar surface area (TPSA) is 0 Å². The van der Waals surface area contributed by atoms with Crippen molar-refractivity contribution in [2.45, 2.75) is 35.9 Å². The van der Waals surface area contributed by atoms with Crippen LogP contribution in [0.3, 0.4) is 0 Å². The molecular formula is C7H10Cl2. The van der Waals surface area contributed by atoms with E-state index in [1.807, 2.05) is 0 Å². The predicted octanol–water partition coefficient (Wildman–Crippen LogP) is 2.78. The van der Waals surface area contributed by atoms with Crippen molar-refractivity contribution in [3.8, 4) is 0 Å². The SMILES string of the molecule is Cl[C@@H]1C[C@@]2(Cl)CC[C@@H]1C2. The minimum Gasteiger partial charge on any atom is -0.123 e. The van der Waals surface area contributed by atoms with E-state index in [1.54, 1.807) is 0 Å². The molecule has 2 fully saturated rings. The molecule has 2 bridgehead atoms. The minimum atomic E-state index is 0.122. The van der Waals surface area contributed by atoms with Gasteiger partial charge < -0.3 is 0 Å². The van der Waals surface area contributed by atoms with Gasteiger partial charge in [0, 0.05) is 10.3 Å². The lowest BCUT2D eigenvalue weighted by molar-refractivity contribution is 0.503. The second-order valence-corrected chi connectivity index (χ2v) is 4.74. The number of halogens is 2. The molecule has 0 unspecified atom stereocenters. The quantitative estimate of drug-likeness (QED) is 0.484. The Kier molecular flexibility index (Phi) is 1.26. The van der Waals surface area contributed by atoms with Gasteiger partial charge in [-0.05, 0) is 31.6 Å². The molecule has 0 N–H and O–H groups in total. The van der Waals surface area contributed by atoms with Gasteiger partial charge in [-0.1, -0.05) is 0 Å². The summed E-state index contributed by atoms with van der Waals surface area (Å²) in [6, 6.07) is 0. The average molecular weight is 165 g/mol. The zero-order valence-corrected chi connectivity index (χ0v) is 6.75. The van der Waals surface area contributed by atoms with Gasteiger partial charge in [-0.25, -0.2) is 0 Å². The van der Waals surface area contributed by atoms with Crippen LogP contribution in [0, 0.1) is 5.92 Å². The molecule has 2 rings (SSSR count). The molecule has 3 atom stereocenters. The Morgan fingerprint density at radius 3 is 2.33 bits per heavy atom. The summed E-state index contributed by atoms with van der Waals surface area (Å²) in [5, 5.41) is 0.385. The zero-order chi connectivity index (χ0) is 6.48. The van der Waals surface area contributed by atoms with Crippen LogP contribution in [0.5, 0.6) is 0 Å². The molecule has 0 aromatic heterocycles. The Labute approximate surface area is 65.5 Å². The first-order chi connectivity index (χ1) is 4.20. The van der Waals surface area contributed by atoms with Gasteiger partial charge in [0.15, 0.2) is 0 Å². The van der Waals surface area contributed by atoms with Crippen molar-refractivity contribution in [3.05, 3.63) is 0 Å². The van der Waals surface area contributed by atoms with Gasteiger partial charge >= 0.3 is 0 Å². The third-order valence-electron chi connectivity index (χ3n) is 2.66. The van der Waals surface area contributed by atoms with Crippen LogP contribution in [0.2, 0.25) is 0 Å². The van der Waals surface area contributed by atoms with E-state index in [4.69, 9.17) is 23.2 Å². The van der Waals surface area contributed by atoms with Crippen molar-refractivity contribution in [1.82, 2.24) is 0 Å². The second-order valence-electron chi connectivity index (χ2n) is 3.37. The molecule has 0 aliphatic heterocycles. The first kappa shape index (κ1) is 6.30. The third-order valence-corrected chi connectivity index (χ3v) is 3.67. The van der Waals surface area contributed by atoms with Crippen LogP contribution in [0.25, 0.3) is 0 Å². The molecule has 2 saturated carbocycles. The highest BCUT2D eigenvalue weighted by atomic mass is 35.5. The van der Waals surface area contributed by atoms with Crippen molar-refractivity contribution in [2.24, 2.45) is 5.92 Å². The van der Waals surface area contributed by atoms with Crippen LogP contribution in [-0.4, -0.2) is 10.3 Å². The van der Waals surface area contributed by atoms with Crippen LogP contribution in [0.4, 0.5) is 0 Å². The molecule has 0 saturated heterocycles. The van der Waals surface area contributed by atoms with Gasteiger partial charge in [0.2, 0.25) is 0 Å². The van der Waals surface area contributed by atoms with Gasteiger partial charge in [0.1, 0.15) is 0 Å². The molecule has 0 nitrogen and oxygen atoms in total.